The summed E-state index contributed by atoms with van der Waals surface area (Å²) in [6.45, 7) is 11.9. The standard InChI is InChI=1S/C17H26IN3O2Si/c1-24(2,3)11-10-23-13-21-12-14(18)16-15(21)4-5-19-17(16)20-6-8-22-9-7-20/h4-5,12H,6-11,13H2,1-3H3. The fraction of sp³-hybridized carbons (Fsp3) is 0.588. The number of rotatable bonds is 6. The lowest BCUT2D eigenvalue weighted by molar-refractivity contribution is 0.0901. The van der Waals surface area contributed by atoms with Crippen molar-refractivity contribution in [2.75, 3.05) is 37.8 Å². The molecule has 5 nitrogen and oxygen atoms in total. The summed E-state index contributed by atoms with van der Waals surface area (Å²) < 4.78 is 14.8. The molecule has 2 aromatic rings. The van der Waals surface area contributed by atoms with E-state index in [1.54, 1.807) is 0 Å². The highest BCUT2D eigenvalue weighted by Crippen LogP contribution is 2.31. The van der Waals surface area contributed by atoms with E-state index in [-0.39, 0.29) is 0 Å². The smallest absolute Gasteiger partial charge is 0.139 e. The molecular weight excluding hydrogens is 433 g/mol. The molecule has 0 N–H and O–H groups in total. The Morgan fingerprint density at radius 2 is 2.04 bits per heavy atom. The predicted octanol–water partition coefficient (Wildman–Crippen LogP) is 3.79. The van der Waals surface area contributed by atoms with Crippen LogP contribution in [0, 0.1) is 3.57 Å². The van der Waals surface area contributed by atoms with Gasteiger partial charge in [-0.3, -0.25) is 0 Å². The number of ether oxygens (including phenoxy) is 2. The van der Waals surface area contributed by atoms with Crippen LogP contribution in [-0.4, -0.2) is 50.5 Å². The minimum Gasteiger partial charge on any atom is -0.378 e. The topological polar surface area (TPSA) is 39.5 Å². The van der Waals surface area contributed by atoms with Crippen LogP contribution in [0.3, 0.4) is 0 Å². The van der Waals surface area contributed by atoms with E-state index >= 15 is 0 Å². The summed E-state index contributed by atoms with van der Waals surface area (Å²) in [7, 11) is -1.04. The molecule has 0 saturated carbocycles. The number of halogens is 1. The van der Waals surface area contributed by atoms with Gasteiger partial charge >= 0.3 is 0 Å². The van der Waals surface area contributed by atoms with Crippen molar-refractivity contribution in [2.45, 2.75) is 32.4 Å². The Bertz CT molecular complexity index is 693. The first-order valence-corrected chi connectivity index (χ1v) is 13.3. The lowest BCUT2D eigenvalue weighted by Gasteiger charge is -2.28. The number of hydrogen-bond donors (Lipinski definition) is 0. The number of aromatic nitrogens is 2. The van der Waals surface area contributed by atoms with E-state index in [9.17, 15) is 0 Å². The summed E-state index contributed by atoms with van der Waals surface area (Å²) in [6, 6.07) is 3.28. The molecule has 0 amide bonds. The van der Waals surface area contributed by atoms with Crippen molar-refractivity contribution in [2.24, 2.45) is 0 Å². The molecule has 0 aromatic carbocycles. The zero-order valence-electron chi connectivity index (χ0n) is 14.7. The predicted molar refractivity (Wildman–Crippen MR) is 110 cm³/mol. The van der Waals surface area contributed by atoms with E-state index in [4.69, 9.17) is 9.47 Å². The molecule has 0 spiro atoms. The number of morpholine rings is 1. The SMILES string of the molecule is C[Si](C)(C)CCOCn1cc(I)c2c(N3CCOCC3)nccc21. The van der Waals surface area contributed by atoms with Gasteiger partial charge in [0.2, 0.25) is 0 Å². The maximum atomic E-state index is 5.94. The summed E-state index contributed by atoms with van der Waals surface area (Å²) in [5.74, 6) is 1.07. The molecule has 7 heteroatoms. The van der Waals surface area contributed by atoms with Gasteiger partial charge in [0, 0.05) is 43.7 Å². The maximum absolute atomic E-state index is 5.94. The zero-order valence-corrected chi connectivity index (χ0v) is 17.9. The second kappa shape index (κ2) is 7.71. The van der Waals surface area contributed by atoms with Crippen LogP contribution in [0.15, 0.2) is 18.5 Å². The Morgan fingerprint density at radius 3 is 2.75 bits per heavy atom. The molecule has 0 atom stereocenters. The van der Waals surface area contributed by atoms with Gasteiger partial charge in [-0.15, -0.1) is 0 Å². The highest BCUT2D eigenvalue weighted by atomic mass is 127. The van der Waals surface area contributed by atoms with Gasteiger partial charge in [-0.25, -0.2) is 4.98 Å². The van der Waals surface area contributed by atoms with Crippen LogP contribution < -0.4 is 4.90 Å². The summed E-state index contributed by atoms with van der Waals surface area (Å²) in [4.78, 5) is 6.97. The van der Waals surface area contributed by atoms with Crippen LogP contribution in [0.1, 0.15) is 0 Å². The quantitative estimate of drug-likeness (QED) is 0.375. The lowest BCUT2D eigenvalue weighted by atomic mass is 10.2. The molecule has 1 aliphatic heterocycles. The van der Waals surface area contributed by atoms with Crippen molar-refractivity contribution in [1.82, 2.24) is 9.55 Å². The molecule has 3 heterocycles. The van der Waals surface area contributed by atoms with Crippen LogP contribution in [0.2, 0.25) is 25.7 Å². The molecular formula is C17H26IN3O2Si. The van der Waals surface area contributed by atoms with Crippen molar-refractivity contribution in [3.05, 3.63) is 22.0 Å². The molecule has 24 heavy (non-hydrogen) atoms. The van der Waals surface area contributed by atoms with Crippen LogP contribution in [-0.2, 0) is 16.2 Å². The average Bonchev–Trinajstić information content (AvgIpc) is 2.88. The van der Waals surface area contributed by atoms with Crippen LogP contribution in [0.5, 0.6) is 0 Å². The fourth-order valence-electron chi connectivity index (χ4n) is 2.84. The number of fused-ring (bicyclic) bond motifs is 1. The van der Waals surface area contributed by atoms with E-state index in [1.165, 1.54) is 20.5 Å². The second-order valence-corrected chi connectivity index (χ2v) is 14.2. The summed E-state index contributed by atoms with van der Waals surface area (Å²) >= 11 is 2.41. The summed E-state index contributed by atoms with van der Waals surface area (Å²) in [5, 5.41) is 1.23. The van der Waals surface area contributed by atoms with Crippen molar-refractivity contribution in [1.29, 1.82) is 0 Å². The molecule has 0 bridgehead atoms. The molecule has 0 aliphatic carbocycles. The first-order chi connectivity index (χ1) is 11.5. The highest BCUT2D eigenvalue weighted by molar-refractivity contribution is 14.1. The van der Waals surface area contributed by atoms with Gasteiger partial charge in [-0.2, -0.15) is 0 Å². The van der Waals surface area contributed by atoms with Gasteiger partial charge in [0.25, 0.3) is 0 Å². The van der Waals surface area contributed by atoms with Gasteiger partial charge < -0.3 is 18.9 Å². The van der Waals surface area contributed by atoms with Gasteiger partial charge in [-0.1, -0.05) is 19.6 Å². The zero-order chi connectivity index (χ0) is 17.2. The third-order valence-electron chi connectivity index (χ3n) is 4.26. The average molecular weight is 459 g/mol. The van der Waals surface area contributed by atoms with Gasteiger partial charge in [0.1, 0.15) is 12.5 Å². The highest BCUT2D eigenvalue weighted by Gasteiger charge is 2.19. The Labute approximate surface area is 158 Å². The Kier molecular flexibility index (Phi) is 5.84. The maximum Gasteiger partial charge on any atom is 0.139 e. The molecule has 1 saturated heterocycles. The number of nitrogens with zero attached hydrogens (tertiary/aromatic N) is 3. The number of hydrogen-bond acceptors (Lipinski definition) is 4. The largest absolute Gasteiger partial charge is 0.378 e. The van der Waals surface area contributed by atoms with E-state index in [0.717, 1.165) is 38.7 Å². The first kappa shape index (κ1) is 18.2. The van der Waals surface area contributed by atoms with E-state index in [0.29, 0.717) is 6.73 Å². The van der Waals surface area contributed by atoms with Crippen molar-refractivity contribution in [3.8, 4) is 0 Å². The first-order valence-electron chi connectivity index (χ1n) is 8.49. The van der Waals surface area contributed by atoms with Crippen LogP contribution in [0.4, 0.5) is 5.82 Å². The monoisotopic (exact) mass is 459 g/mol. The number of anilines is 1. The van der Waals surface area contributed by atoms with Crippen molar-refractivity contribution < 1.29 is 9.47 Å². The molecule has 1 fully saturated rings. The summed E-state index contributed by atoms with van der Waals surface area (Å²) in [5.41, 5.74) is 1.20. The third-order valence-corrected chi connectivity index (χ3v) is 6.79. The van der Waals surface area contributed by atoms with E-state index in [2.05, 4.69) is 68.9 Å². The van der Waals surface area contributed by atoms with Crippen molar-refractivity contribution in [3.63, 3.8) is 0 Å². The molecule has 0 radical (unpaired) electrons. The lowest BCUT2D eigenvalue weighted by Crippen LogP contribution is -2.36. The Morgan fingerprint density at radius 1 is 1.29 bits per heavy atom. The minimum absolute atomic E-state index is 0.608. The van der Waals surface area contributed by atoms with Crippen LogP contribution in [0.25, 0.3) is 10.9 Å². The third kappa shape index (κ3) is 4.30. The van der Waals surface area contributed by atoms with Gasteiger partial charge in [-0.05, 0) is 34.7 Å². The van der Waals surface area contributed by atoms with E-state index in [1.807, 2.05) is 6.20 Å². The molecule has 0 unspecified atom stereocenters. The normalized spacial score (nSPS) is 16.1. The Balaban J connectivity index is 1.78. The molecule has 132 valence electrons. The van der Waals surface area contributed by atoms with Crippen molar-refractivity contribution >= 4 is 47.4 Å². The fourth-order valence-corrected chi connectivity index (χ4v) is 4.45. The van der Waals surface area contributed by atoms with Crippen LogP contribution >= 0.6 is 22.6 Å². The Hall–Kier alpha value is -0.643. The summed E-state index contributed by atoms with van der Waals surface area (Å²) in [6.07, 6.45) is 4.08. The molecule has 2 aromatic heterocycles. The number of pyridine rings is 1. The van der Waals surface area contributed by atoms with Gasteiger partial charge in [0.15, 0.2) is 0 Å². The minimum atomic E-state index is -1.04. The molecule has 3 rings (SSSR count). The van der Waals surface area contributed by atoms with Gasteiger partial charge in [0.05, 0.1) is 24.1 Å². The second-order valence-electron chi connectivity index (χ2n) is 7.42. The van der Waals surface area contributed by atoms with E-state index < -0.39 is 8.07 Å². The molecule has 1 aliphatic rings.